The number of guanidine groups is 1. The maximum Gasteiger partial charge on any atom is 0.390 e. The van der Waals surface area contributed by atoms with E-state index in [2.05, 4.69) is 31.6 Å². The van der Waals surface area contributed by atoms with Gasteiger partial charge in [0, 0.05) is 13.6 Å². The Labute approximate surface area is 159 Å². The smallest absolute Gasteiger partial charge is 0.390 e. The molecule has 0 aliphatic rings. The lowest BCUT2D eigenvalue weighted by atomic mass is 10.3. The first-order chi connectivity index (χ1) is 10.3. The number of nitrogens with one attached hydrogen (secondary N) is 2. The minimum Gasteiger partial charge on any atom is -0.488 e. The zero-order valence-corrected chi connectivity index (χ0v) is 16.7. The second-order valence-electron chi connectivity index (χ2n) is 4.60. The molecule has 0 saturated heterocycles. The highest BCUT2D eigenvalue weighted by atomic mass is 127. The second-order valence-corrected chi connectivity index (χ2v) is 5.46. The van der Waals surface area contributed by atoms with Gasteiger partial charge in [0.25, 0.3) is 0 Å². The molecule has 1 aromatic carbocycles. The minimum atomic E-state index is -4.18. The van der Waals surface area contributed by atoms with Crippen molar-refractivity contribution >= 4 is 45.9 Å². The summed E-state index contributed by atoms with van der Waals surface area (Å²) >= 11 is 3.38. The molecule has 0 fully saturated rings. The SMILES string of the molecule is CN=C(NCCC(F)(F)F)NCC(C)Oc1ccccc1Br.I. The Morgan fingerprint density at radius 2 is 1.96 bits per heavy atom. The number of ether oxygens (including phenoxy) is 1. The first-order valence-electron chi connectivity index (χ1n) is 6.74. The zero-order chi connectivity index (χ0) is 16.6. The molecule has 1 unspecified atom stereocenters. The number of hydrogen-bond donors (Lipinski definition) is 2. The van der Waals surface area contributed by atoms with Gasteiger partial charge in [-0.1, -0.05) is 12.1 Å². The van der Waals surface area contributed by atoms with Crippen LogP contribution in [0.3, 0.4) is 0 Å². The summed E-state index contributed by atoms with van der Waals surface area (Å²) in [5.41, 5.74) is 0. The van der Waals surface area contributed by atoms with Crippen molar-refractivity contribution in [2.45, 2.75) is 25.6 Å². The summed E-state index contributed by atoms with van der Waals surface area (Å²) < 4.78 is 42.8. The molecule has 0 saturated carbocycles. The van der Waals surface area contributed by atoms with E-state index in [4.69, 9.17) is 4.74 Å². The van der Waals surface area contributed by atoms with Gasteiger partial charge in [0.2, 0.25) is 0 Å². The summed E-state index contributed by atoms with van der Waals surface area (Å²) in [5.74, 6) is 1.02. The summed E-state index contributed by atoms with van der Waals surface area (Å²) in [7, 11) is 1.50. The highest BCUT2D eigenvalue weighted by molar-refractivity contribution is 14.0. The van der Waals surface area contributed by atoms with Gasteiger partial charge in [-0.05, 0) is 35.0 Å². The number of alkyl halides is 3. The van der Waals surface area contributed by atoms with Crippen LogP contribution in [-0.4, -0.2) is 38.4 Å². The Hall–Kier alpha value is -0.710. The third-order valence-corrected chi connectivity index (χ3v) is 3.30. The summed E-state index contributed by atoms with van der Waals surface area (Å²) in [4.78, 5) is 3.87. The molecule has 0 spiro atoms. The average molecular weight is 510 g/mol. The lowest BCUT2D eigenvalue weighted by Crippen LogP contribution is -2.42. The van der Waals surface area contributed by atoms with Crippen LogP contribution in [0.2, 0.25) is 0 Å². The Bertz CT molecular complexity index is 500. The van der Waals surface area contributed by atoms with Crippen LogP contribution in [0.4, 0.5) is 13.2 Å². The predicted molar refractivity (Wildman–Crippen MR) is 99.7 cm³/mol. The third kappa shape index (κ3) is 9.90. The van der Waals surface area contributed by atoms with E-state index in [0.29, 0.717) is 18.3 Å². The maximum atomic E-state index is 12.1. The average Bonchev–Trinajstić information content (AvgIpc) is 2.44. The van der Waals surface area contributed by atoms with Crippen molar-refractivity contribution < 1.29 is 17.9 Å². The number of halogens is 5. The number of aliphatic imine (C=N–C) groups is 1. The van der Waals surface area contributed by atoms with Crippen LogP contribution in [0, 0.1) is 0 Å². The van der Waals surface area contributed by atoms with Crippen LogP contribution in [0.1, 0.15) is 13.3 Å². The summed E-state index contributed by atoms with van der Waals surface area (Å²) in [5, 5.41) is 5.54. The van der Waals surface area contributed by atoms with Gasteiger partial charge in [-0.2, -0.15) is 13.2 Å². The normalized spacial score (nSPS) is 13.0. The molecule has 1 atom stereocenters. The van der Waals surface area contributed by atoms with E-state index in [1.165, 1.54) is 7.05 Å². The molecule has 0 bridgehead atoms. The Morgan fingerprint density at radius 1 is 1.30 bits per heavy atom. The molecule has 0 aliphatic heterocycles. The third-order valence-electron chi connectivity index (χ3n) is 2.65. The zero-order valence-electron chi connectivity index (χ0n) is 12.8. The van der Waals surface area contributed by atoms with Crippen molar-refractivity contribution in [3.63, 3.8) is 0 Å². The van der Waals surface area contributed by atoms with Gasteiger partial charge in [0.1, 0.15) is 11.9 Å². The molecule has 2 N–H and O–H groups in total. The molecule has 0 aromatic heterocycles. The fourth-order valence-electron chi connectivity index (χ4n) is 1.58. The van der Waals surface area contributed by atoms with Gasteiger partial charge in [-0.15, -0.1) is 24.0 Å². The first-order valence-corrected chi connectivity index (χ1v) is 7.53. The Morgan fingerprint density at radius 3 is 2.52 bits per heavy atom. The lowest BCUT2D eigenvalue weighted by molar-refractivity contribution is -0.132. The highest BCUT2D eigenvalue weighted by Crippen LogP contribution is 2.24. The molecule has 4 nitrogen and oxygen atoms in total. The van der Waals surface area contributed by atoms with Crippen molar-refractivity contribution in [2.24, 2.45) is 4.99 Å². The second kappa shape index (κ2) is 11.0. The molecule has 1 rings (SSSR count). The summed E-state index contributed by atoms with van der Waals surface area (Å²) in [6.07, 6.45) is -5.27. The van der Waals surface area contributed by atoms with Crippen LogP contribution < -0.4 is 15.4 Å². The van der Waals surface area contributed by atoms with E-state index in [1.807, 2.05) is 31.2 Å². The van der Waals surface area contributed by atoms with E-state index >= 15 is 0 Å². The molecule has 23 heavy (non-hydrogen) atoms. The first kappa shape index (κ1) is 22.3. The summed E-state index contributed by atoms with van der Waals surface area (Å²) in [6, 6.07) is 7.44. The number of hydrogen-bond acceptors (Lipinski definition) is 2. The molecule has 0 aliphatic carbocycles. The van der Waals surface area contributed by atoms with Crippen molar-refractivity contribution in [3.05, 3.63) is 28.7 Å². The molecule has 0 radical (unpaired) electrons. The molecular weight excluding hydrogens is 490 g/mol. The summed E-state index contributed by atoms with van der Waals surface area (Å²) in [6.45, 7) is 2.05. The minimum absolute atomic E-state index is 0. The molecule has 0 amide bonds. The number of para-hydroxylation sites is 1. The number of benzene rings is 1. The highest BCUT2D eigenvalue weighted by Gasteiger charge is 2.26. The Kier molecular flexibility index (Phi) is 10.6. The fourth-order valence-corrected chi connectivity index (χ4v) is 1.96. The van der Waals surface area contributed by atoms with Crippen LogP contribution >= 0.6 is 39.9 Å². The van der Waals surface area contributed by atoms with Crippen molar-refractivity contribution in [2.75, 3.05) is 20.1 Å². The maximum absolute atomic E-state index is 12.1. The van der Waals surface area contributed by atoms with Gasteiger partial charge in [0.15, 0.2) is 5.96 Å². The number of rotatable bonds is 6. The van der Waals surface area contributed by atoms with Gasteiger partial charge in [-0.3, -0.25) is 4.99 Å². The van der Waals surface area contributed by atoms with E-state index < -0.39 is 12.6 Å². The van der Waals surface area contributed by atoms with Crippen molar-refractivity contribution in [1.82, 2.24) is 10.6 Å². The van der Waals surface area contributed by atoms with E-state index in [1.54, 1.807) is 0 Å². The monoisotopic (exact) mass is 509 g/mol. The van der Waals surface area contributed by atoms with E-state index in [9.17, 15) is 13.2 Å². The van der Waals surface area contributed by atoms with Gasteiger partial charge < -0.3 is 15.4 Å². The lowest BCUT2D eigenvalue weighted by Gasteiger charge is -2.18. The number of nitrogens with zero attached hydrogens (tertiary/aromatic N) is 1. The predicted octanol–water partition coefficient (Wildman–Crippen LogP) is 3.95. The van der Waals surface area contributed by atoms with Gasteiger partial charge >= 0.3 is 6.18 Å². The topological polar surface area (TPSA) is 45.7 Å². The van der Waals surface area contributed by atoms with Crippen molar-refractivity contribution in [1.29, 1.82) is 0 Å². The molecule has 1 aromatic rings. The Balaban J connectivity index is 0.00000484. The van der Waals surface area contributed by atoms with Gasteiger partial charge in [-0.25, -0.2) is 0 Å². The van der Waals surface area contributed by atoms with Crippen molar-refractivity contribution in [3.8, 4) is 5.75 Å². The molecular formula is C14H20BrF3IN3O. The molecule has 132 valence electrons. The van der Waals surface area contributed by atoms with Crippen LogP contribution in [0.15, 0.2) is 33.7 Å². The van der Waals surface area contributed by atoms with Gasteiger partial charge in [0.05, 0.1) is 17.4 Å². The fraction of sp³-hybridized carbons (Fsp3) is 0.500. The van der Waals surface area contributed by atoms with E-state index in [-0.39, 0.29) is 36.6 Å². The quantitative estimate of drug-likeness (QED) is 0.347. The largest absolute Gasteiger partial charge is 0.488 e. The molecule has 9 heteroatoms. The van der Waals surface area contributed by atoms with Crippen LogP contribution in [-0.2, 0) is 0 Å². The van der Waals surface area contributed by atoms with Crippen LogP contribution in [0.25, 0.3) is 0 Å². The van der Waals surface area contributed by atoms with Crippen LogP contribution in [0.5, 0.6) is 5.75 Å². The standard InChI is InChI=1S/C14H19BrF3N3O.HI/c1-10(22-12-6-4-3-5-11(12)15)9-21-13(19-2)20-8-7-14(16,17)18;/h3-6,10H,7-9H2,1-2H3,(H2,19,20,21);1H. The molecule has 0 heterocycles. The van der Waals surface area contributed by atoms with E-state index in [0.717, 1.165) is 4.47 Å².